The number of fused-ring (bicyclic) bond motifs is 2. The van der Waals surface area contributed by atoms with Crippen molar-refractivity contribution < 1.29 is 9.80 Å². The van der Waals surface area contributed by atoms with Crippen molar-refractivity contribution in [2.45, 2.75) is 19.4 Å². The van der Waals surface area contributed by atoms with Crippen LogP contribution >= 0.6 is 15.9 Å². The molecule has 1 saturated carbocycles. The van der Waals surface area contributed by atoms with Gasteiger partial charge in [0.05, 0.1) is 6.54 Å². The van der Waals surface area contributed by atoms with E-state index < -0.39 is 0 Å². The summed E-state index contributed by atoms with van der Waals surface area (Å²) in [5, 5.41) is 0. The molecule has 4 rings (SSSR count). The van der Waals surface area contributed by atoms with Gasteiger partial charge in [-0.15, -0.1) is 0 Å². The van der Waals surface area contributed by atoms with Crippen LogP contribution in [0.4, 0.5) is 0 Å². The first-order valence-electron chi connectivity index (χ1n) is 8.87. The van der Waals surface area contributed by atoms with Crippen molar-refractivity contribution in [3.8, 4) is 0 Å². The number of halogens is 1. The number of nitrogens with one attached hydrogen (secondary N) is 2. The Morgan fingerprint density at radius 3 is 2.41 bits per heavy atom. The maximum atomic E-state index is 3.69. The second kappa shape index (κ2) is 6.46. The molecule has 2 nitrogen and oxygen atoms in total. The third kappa shape index (κ3) is 3.17. The second-order valence-electron chi connectivity index (χ2n) is 7.51. The minimum Gasteiger partial charge on any atom is -0.325 e. The maximum absolute atomic E-state index is 3.69. The lowest BCUT2D eigenvalue weighted by molar-refractivity contribution is -1.02. The van der Waals surface area contributed by atoms with E-state index in [-0.39, 0.29) is 0 Å². The van der Waals surface area contributed by atoms with Crippen molar-refractivity contribution in [3.05, 3.63) is 46.5 Å². The van der Waals surface area contributed by atoms with Crippen molar-refractivity contribution >= 4 is 15.9 Å². The first kappa shape index (κ1) is 14.9. The topological polar surface area (TPSA) is 8.88 Å². The predicted molar refractivity (Wildman–Crippen MR) is 93.0 cm³/mol. The van der Waals surface area contributed by atoms with Crippen LogP contribution in [0.2, 0.25) is 0 Å². The Labute approximate surface area is 142 Å². The summed E-state index contributed by atoms with van der Waals surface area (Å²) in [5.41, 5.74) is 1.46. The van der Waals surface area contributed by atoms with Crippen LogP contribution < -0.4 is 9.80 Å². The molecule has 3 aliphatic rings. The summed E-state index contributed by atoms with van der Waals surface area (Å²) in [7, 11) is 0. The van der Waals surface area contributed by atoms with Gasteiger partial charge in [-0.25, -0.2) is 0 Å². The summed E-state index contributed by atoms with van der Waals surface area (Å²) >= 11 is 3.69. The molecule has 0 aromatic heterocycles. The van der Waals surface area contributed by atoms with Crippen LogP contribution in [0.1, 0.15) is 18.4 Å². The van der Waals surface area contributed by atoms with Crippen molar-refractivity contribution in [2.24, 2.45) is 17.8 Å². The SMILES string of the molecule is Brc1ccccc1C[NH+]1CC[NH+](C[C@@H]2C[C@H]3C=C[C@H]2C3)CC1. The number of benzene rings is 1. The second-order valence-corrected chi connectivity index (χ2v) is 8.37. The molecule has 2 aliphatic carbocycles. The predicted octanol–water partition coefficient (Wildman–Crippen LogP) is 0.945. The van der Waals surface area contributed by atoms with Gasteiger partial charge in [-0.2, -0.15) is 0 Å². The van der Waals surface area contributed by atoms with Gasteiger partial charge in [-0.1, -0.05) is 46.3 Å². The minimum absolute atomic E-state index is 0.920. The zero-order valence-electron chi connectivity index (χ0n) is 13.2. The molecule has 1 aromatic carbocycles. The Morgan fingerprint density at radius 1 is 0.955 bits per heavy atom. The van der Waals surface area contributed by atoms with Crippen LogP contribution in [-0.2, 0) is 6.54 Å². The van der Waals surface area contributed by atoms with E-state index >= 15 is 0 Å². The first-order valence-corrected chi connectivity index (χ1v) is 9.66. The van der Waals surface area contributed by atoms with E-state index in [1.165, 1.54) is 62.1 Å². The summed E-state index contributed by atoms with van der Waals surface area (Å²) in [5.74, 6) is 2.83. The highest BCUT2D eigenvalue weighted by molar-refractivity contribution is 9.10. The molecule has 3 atom stereocenters. The van der Waals surface area contributed by atoms with Gasteiger partial charge in [-0.05, 0) is 30.7 Å². The van der Waals surface area contributed by atoms with E-state index in [0.717, 1.165) is 17.8 Å². The Hall–Kier alpha value is -0.640. The molecule has 118 valence electrons. The van der Waals surface area contributed by atoms with Gasteiger partial charge in [0, 0.05) is 16.0 Å². The quantitative estimate of drug-likeness (QED) is 0.737. The van der Waals surface area contributed by atoms with Gasteiger partial charge in [0.1, 0.15) is 32.7 Å². The first-order chi connectivity index (χ1) is 10.8. The molecule has 1 aromatic rings. The van der Waals surface area contributed by atoms with Gasteiger partial charge in [0.2, 0.25) is 0 Å². The zero-order chi connectivity index (χ0) is 14.9. The highest BCUT2D eigenvalue weighted by Gasteiger charge is 2.38. The lowest BCUT2D eigenvalue weighted by atomic mass is 9.93. The lowest BCUT2D eigenvalue weighted by Gasteiger charge is -2.32. The molecule has 1 aliphatic heterocycles. The lowest BCUT2D eigenvalue weighted by Crippen LogP contribution is -3.27. The van der Waals surface area contributed by atoms with Crippen LogP contribution in [-0.4, -0.2) is 32.7 Å². The van der Waals surface area contributed by atoms with E-state index in [1.807, 2.05) is 4.90 Å². The van der Waals surface area contributed by atoms with Crippen molar-refractivity contribution in [1.29, 1.82) is 0 Å². The van der Waals surface area contributed by atoms with Crippen molar-refractivity contribution in [3.63, 3.8) is 0 Å². The normalized spacial score (nSPS) is 36.9. The molecule has 0 unspecified atom stereocenters. The molecule has 3 heteroatoms. The van der Waals surface area contributed by atoms with Gasteiger partial charge >= 0.3 is 0 Å². The summed E-state index contributed by atoms with van der Waals surface area (Å²) in [4.78, 5) is 3.62. The van der Waals surface area contributed by atoms with Crippen molar-refractivity contribution in [2.75, 3.05) is 32.7 Å². The molecular weight excluding hydrogens is 336 g/mol. The molecular formula is C19H27BrN2+2. The fourth-order valence-corrected chi connectivity index (χ4v) is 5.17. The number of hydrogen-bond donors (Lipinski definition) is 2. The average Bonchev–Trinajstić information content (AvgIpc) is 3.14. The summed E-state index contributed by atoms with van der Waals surface area (Å²) in [6.07, 6.45) is 7.90. The van der Waals surface area contributed by atoms with Gasteiger partial charge in [0.25, 0.3) is 0 Å². The third-order valence-electron chi connectivity index (χ3n) is 6.03. The van der Waals surface area contributed by atoms with Gasteiger partial charge < -0.3 is 9.80 Å². The molecule has 0 spiro atoms. The minimum atomic E-state index is 0.920. The van der Waals surface area contributed by atoms with Gasteiger partial charge in [0.15, 0.2) is 0 Å². The highest BCUT2D eigenvalue weighted by Crippen LogP contribution is 2.42. The zero-order valence-corrected chi connectivity index (χ0v) is 14.8. The molecule has 2 N–H and O–H groups in total. The number of hydrogen-bond acceptors (Lipinski definition) is 0. The van der Waals surface area contributed by atoms with Gasteiger partial charge in [-0.3, -0.25) is 0 Å². The Bertz CT molecular complexity index is 548. The maximum Gasteiger partial charge on any atom is 0.127 e. The molecule has 2 fully saturated rings. The molecule has 2 bridgehead atoms. The van der Waals surface area contributed by atoms with E-state index in [9.17, 15) is 0 Å². The molecule has 0 amide bonds. The van der Waals surface area contributed by atoms with Crippen molar-refractivity contribution in [1.82, 2.24) is 0 Å². The summed E-state index contributed by atoms with van der Waals surface area (Å²) in [6.45, 7) is 7.97. The van der Waals surface area contributed by atoms with Crippen LogP contribution in [0.25, 0.3) is 0 Å². The van der Waals surface area contributed by atoms with E-state index in [2.05, 4.69) is 52.3 Å². The fraction of sp³-hybridized carbons (Fsp3) is 0.579. The number of allylic oxidation sites excluding steroid dienone is 2. The Balaban J connectivity index is 1.26. The summed E-state index contributed by atoms with van der Waals surface area (Å²) in [6, 6.07) is 8.69. The third-order valence-corrected chi connectivity index (χ3v) is 6.80. The van der Waals surface area contributed by atoms with E-state index in [4.69, 9.17) is 0 Å². The van der Waals surface area contributed by atoms with Crippen LogP contribution in [0, 0.1) is 17.8 Å². The Kier molecular flexibility index (Phi) is 4.38. The fourth-order valence-electron chi connectivity index (χ4n) is 4.75. The molecule has 0 radical (unpaired) electrons. The van der Waals surface area contributed by atoms with Crippen LogP contribution in [0.3, 0.4) is 0 Å². The molecule has 22 heavy (non-hydrogen) atoms. The monoisotopic (exact) mass is 362 g/mol. The molecule has 1 saturated heterocycles. The van der Waals surface area contributed by atoms with Crippen LogP contribution in [0.5, 0.6) is 0 Å². The van der Waals surface area contributed by atoms with Crippen LogP contribution in [0.15, 0.2) is 40.9 Å². The average molecular weight is 363 g/mol. The smallest absolute Gasteiger partial charge is 0.127 e. The van der Waals surface area contributed by atoms with E-state index in [1.54, 1.807) is 4.90 Å². The number of rotatable bonds is 4. The largest absolute Gasteiger partial charge is 0.325 e. The number of piperazine rings is 1. The van der Waals surface area contributed by atoms with E-state index in [0.29, 0.717) is 0 Å². The number of quaternary nitrogens is 2. The highest BCUT2D eigenvalue weighted by atomic mass is 79.9. The summed E-state index contributed by atoms with van der Waals surface area (Å²) < 4.78 is 1.27. The molecule has 1 heterocycles. The Morgan fingerprint density at radius 2 is 1.73 bits per heavy atom. The standard InChI is InChI=1S/C19H25BrN2/c20-19-4-2-1-3-17(19)13-21-7-9-22(10-8-21)14-18-12-15-5-6-16(18)11-15/h1-6,15-16,18H,7-14H2/p+2/t15-,16-,18-/m0/s1.